The highest BCUT2D eigenvalue weighted by molar-refractivity contribution is 5.79. The molecule has 0 aromatic heterocycles. The zero-order chi connectivity index (χ0) is 19.0. The molecule has 0 atom stereocenters. The molecule has 0 amide bonds. The third-order valence-corrected chi connectivity index (χ3v) is 4.02. The van der Waals surface area contributed by atoms with Crippen molar-refractivity contribution in [3.05, 3.63) is 29.8 Å². The number of likely N-dealkylation sites (N-methyl/N-ethyl adjacent to an activating group) is 1. The normalized spacial score (nSPS) is 11.7. The lowest BCUT2D eigenvalue weighted by molar-refractivity contribution is 0.180. The van der Waals surface area contributed by atoms with Crippen LogP contribution in [0.2, 0.25) is 0 Å². The molecule has 0 bridgehead atoms. The molecule has 1 aromatic rings. The monoisotopic (exact) mass is 364 g/mol. The van der Waals surface area contributed by atoms with Gasteiger partial charge in [0, 0.05) is 46.9 Å². The molecule has 6 heteroatoms. The van der Waals surface area contributed by atoms with Crippen molar-refractivity contribution < 1.29 is 9.47 Å². The molecule has 0 aliphatic carbocycles. The summed E-state index contributed by atoms with van der Waals surface area (Å²) >= 11 is 0. The number of unbranched alkanes of at least 4 members (excludes halogenated alkanes) is 1. The third kappa shape index (κ3) is 10.3. The van der Waals surface area contributed by atoms with Crippen LogP contribution in [-0.4, -0.2) is 64.9 Å². The van der Waals surface area contributed by atoms with Crippen LogP contribution in [0.1, 0.15) is 31.7 Å². The average molecular weight is 365 g/mol. The number of nitrogens with one attached hydrogen (secondary N) is 2. The van der Waals surface area contributed by atoms with Crippen LogP contribution in [0.3, 0.4) is 0 Å². The van der Waals surface area contributed by atoms with Gasteiger partial charge >= 0.3 is 0 Å². The largest absolute Gasteiger partial charge is 0.494 e. The van der Waals surface area contributed by atoms with Gasteiger partial charge in [-0.2, -0.15) is 0 Å². The van der Waals surface area contributed by atoms with Gasteiger partial charge in [-0.1, -0.05) is 25.5 Å². The van der Waals surface area contributed by atoms with E-state index < -0.39 is 0 Å². The van der Waals surface area contributed by atoms with E-state index in [9.17, 15) is 0 Å². The van der Waals surface area contributed by atoms with Gasteiger partial charge in [0.15, 0.2) is 5.96 Å². The molecular weight excluding hydrogens is 328 g/mol. The van der Waals surface area contributed by atoms with E-state index in [0.29, 0.717) is 6.54 Å². The lowest BCUT2D eigenvalue weighted by atomic mass is 10.2. The van der Waals surface area contributed by atoms with Crippen LogP contribution in [0.25, 0.3) is 0 Å². The van der Waals surface area contributed by atoms with Crippen molar-refractivity contribution in [2.24, 2.45) is 4.99 Å². The second-order valence-electron chi connectivity index (χ2n) is 6.35. The van der Waals surface area contributed by atoms with Crippen molar-refractivity contribution in [3.8, 4) is 5.75 Å². The van der Waals surface area contributed by atoms with Gasteiger partial charge in [0.05, 0.1) is 6.61 Å². The van der Waals surface area contributed by atoms with E-state index in [1.54, 1.807) is 14.2 Å². The van der Waals surface area contributed by atoms with E-state index in [2.05, 4.69) is 46.6 Å². The number of methoxy groups -OCH3 is 1. The number of guanidine groups is 1. The van der Waals surface area contributed by atoms with E-state index >= 15 is 0 Å². The van der Waals surface area contributed by atoms with Crippen LogP contribution < -0.4 is 15.4 Å². The Labute approximate surface area is 159 Å². The first-order valence-corrected chi connectivity index (χ1v) is 9.53. The van der Waals surface area contributed by atoms with Gasteiger partial charge in [0.2, 0.25) is 0 Å². The van der Waals surface area contributed by atoms with Gasteiger partial charge in [-0.15, -0.1) is 0 Å². The van der Waals surface area contributed by atoms with E-state index in [0.717, 1.165) is 63.8 Å². The fraction of sp³-hybridized carbons (Fsp3) is 0.650. The lowest BCUT2D eigenvalue weighted by Gasteiger charge is -2.18. The van der Waals surface area contributed by atoms with Crippen LogP contribution in [-0.2, 0) is 11.3 Å². The minimum Gasteiger partial charge on any atom is -0.494 e. The minimum absolute atomic E-state index is 0.717. The summed E-state index contributed by atoms with van der Waals surface area (Å²) < 4.78 is 10.8. The van der Waals surface area contributed by atoms with Gasteiger partial charge in [-0.05, 0) is 37.6 Å². The van der Waals surface area contributed by atoms with Crippen molar-refractivity contribution >= 4 is 5.96 Å². The van der Waals surface area contributed by atoms with Crippen molar-refractivity contribution in [3.63, 3.8) is 0 Å². The summed E-state index contributed by atoms with van der Waals surface area (Å²) in [4.78, 5) is 6.57. The van der Waals surface area contributed by atoms with Crippen molar-refractivity contribution in [1.82, 2.24) is 15.5 Å². The molecule has 0 saturated heterocycles. The second-order valence-corrected chi connectivity index (χ2v) is 6.35. The molecular formula is C20H36N4O2. The average Bonchev–Trinajstić information content (AvgIpc) is 2.65. The van der Waals surface area contributed by atoms with E-state index in [4.69, 9.17) is 9.47 Å². The molecule has 26 heavy (non-hydrogen) atoms. The summed E-state index contributed by atoms with van der Waals surface area (Å²) in [5.41, 5.74) is 1.18. The Kier molecular flexibility index (Phi) is 12.3. The number of benzene rings is 1. The first-order valence-electron chi connectivity index (χ1n) is 9.53. The fourth-order valence-electron chi connectivity index (χ4n) is 2.44. The first-order chi connectivity index (χ1) is 12.7. The number of hydrogen-bond donors (Lipinski definition) is 2. The molecule has 148 valence electrons. The number of rotatable bonds is 13. The Morgan fingerprint density at radius 1 is 1.15 bits per heavy atom. The molecule has 0 aliphatic rings. The summed E-state index contributed by atoms with van der Waals surface area (Å²) in [5, 5.41) is 6.70. The highest BCUT2D eigenvalue weighted by atomic mass is 16.5. The van der Waals surface area contributed by atoms with Crippen molar-refractivity contribution in [1.29, 1.82) is 0 Å². The summed E-state index contributed by atoms with van der Waals surface area (Å²) in [6.07, 6.45) is 3.28. The van der Waals surface area contributed by atoms with Crippen molar-refractivity contribution in [2.45, 2.75) is 32.7 Å². The number of aliphatic imine (C=N–C) groups is 1. The van der Waals surface area contributed by atoms with E-state index in [1.165, 1.54) is 5.56 Å². The molecule has 0 saturated carbocycles. The quantitative estimate of drug-likeness (QED) is 0.320. The van der Waals surface area contributed by atoms with Gasteiger partial charge in [0.25, 0.3) is 0 Å². The second kappa shape index (κ2) is 14.4. The van der Waals surface area contributed by atoms with Gasteiger partial charge < -0.3 is 25.0 Å². The molecule has 0 heterocycles. The topological polar surface area (TPSA) is 58.1 Å². The molecule has 2 N–H and O–H groups in total. The first kappa shape index (κ1) is 22.3. The van der Waals surface area contributed by atoms with Crippen LogP contribution in [0.4, 0.5) is 0 Å². The predicted octanol–water partition coefficient (Wildman–Crippen LogP) is 2.50. The van der Waals surface area contributed by atoms with Crippen LogP contribution in [0.15, 0.2) is 29.3 Å². The fourth-order valence-corrected chi connectivity index (χ4v) is 2.44. The molecule has 1 rings (SSSR count). The van der Waals surface area contributed by atoms with Crippen LogP contribution in [0, 0.1) is 0 Å². The minimum atomic E-state index is 0.717. The summed E-state index contributed by atoms with van der Waals surface area (Å²) in [5.74, 6) is 1.74. The Bertz CT molecular complexity index is 508. The molecule has 1 aromatic carbocycles. The molecule has 6 nitrogen and oxygen atoms in total. The smallest absolute Gasteiger partial charge is 0.191 e. The maximum atomic E-state index is 5.76. The Morgan fingerprint density at radius 2 is 2.00 bits per heavy atom. The lowest BCUT2D eigenvalue weighted by Crippen LogP contribution is -2.40. The standard InChI is InChI=1S/C20H36N4O2/c1-5-6-15-26-19-10-7-9-18(16-19)17-23-20(21-2)22-11-13-24(3)12-8-14-25-4/h7,9-10,16H,5-6,8,11-15,17H2,1-4H3,(H2,21,22,23). The number of nitrogens with zero attached hydrogens (tertiary/aromatic N) is 2. The molecule has 0 unspecified atom stereocenters. The Morgan fingerprint density at radius 3 is 2.73 bits per heavy atom. The summed E-state index contributed by atoms with van der Waals surface area (Å²) in [6, 6.07) is 8.21. The highest BCUT2D eigenvalue weighted by Crippen LogP contribution is 2.13. The van der Waals surface area contributed by atoms with Crippen LogP contribution >= 0.6 is 0 Å². The molecule has 0 spiro atoms. The zero-order valence-electron chi connectivity index (χ0n) is 16.9. The van der Waals surface area contributed by atoms with Gasteiger partial charge in [-0.3, -0.25) is 4.99 Å². The number of hydrogen-bond acceptors (Lipinski definition) is 4. The van der Waals surface area contributed by atoms with Gasteiger partial charge in [0.1, 0.15) is 5.75 Å². The molecule has 0 aliphatic heterocycles. The zero-order valence-corrected chi connectivity index (χ0v) is 16.9. The number of ether oxygens (including phenoxy) is 2. The predicted molar refractivity (Wildman–Crippen MR) is 109 cm³/mol. The maximum Gasteiger partial charge on any atom is 0.191 e. The Balaban J connectivity index is 2.30. The maximum absolute atomic E-state index is 5.76. The molecule has 0 fully saturated rings. The SMILES string of the molecule is CCCCOc1cccc(CNC(=NC)NCCN(C)CCCOC)c1. The van der Waals surface area contributed by atoms with E-state index in [-0.39, 0.29) is 0 Å². The summed E-state index contributed by atoms with van der Waals surface area (Å²) in [6.45, 7) is 7.31. The van der Waals surface area contributed by atoms with Crippen LogP contribution in [0.5, 0.6) is 5.75 Å². The summed E-state index contributed by atoms with van der Waals surface area (Å²) in [7, 11) is 5.66. The van der Waals surface area contributed by atoms with E-state index in [1.807, 2.05) is 12.1 Å². The third-order valence-electron chi connectivity index (χ3n) is 4.02. The Hall–Kier alpha value is -1.79. The van der Waals surface area contributed by atoms with Crippen molar-refractivity contribution in [2.75, 3.05) is 54.1 Å². The molecule has 0 radical (unpaired) electrons. The van der Waals surface area contributed by atoms with Gasteiger partial charge in [-0.25, -0.2) is 0 Å². The highest BCUT2D eigenvalue weighted by Gasteiger charge is 2.02.